The molecule has 206 valence electrons. The smallest absolute Gasteiger partial charge is 0.192 e. The maximum atomic E-state index is 16.0. The van der Waals surface area contributed by atoms with E-state index in [-0.39, 0.29) is 30.3 Å². The van der Waals surface area contributed by atoms with Crippen molar-refractivity contribution in [1.82, 2.24) is 0 Å². The predicted octanol–water partition coefficient (Wildman–Crippen LogP) is 6.38. The first-order chi connectivity index (χ1) is 16.6. The van der Waals surface area contributed by atoms with Crippen molar-refractivity contribution in [2.24, 2.45) is 5.92 Å². The van der Waals surface area contributed by atoms with Crippen molar-refractivity contribution in [3.63, 3.8) is 0 Å². The zero-order chi connectivity index (χ0) is 27.3. The van der Waals surface area contributed by atoms with Crippen LogP contribution in [0.2, 0.25) is 18.1 Å². The summed E-state index contributed by atoms with van der Waals surface area (Å²) in [4.78, 5) is 0. The molecule has 5 atom stereocenters. The molecule has 2 rings (SSSR count). The Kier molecular flexibility index (Phi) is 10.7. The minimum Gasteiger partial charge on any atom is -0.497 e. The van der Waals surface area contributed by atoms with Gasteiger partial charge in [0.2, 0.25) is 0 Å². The van der Waals surface area contributed by atoms with Crippen molar-refractivity contribution >= 4 is 8.32 Å². The quantitative estimate of drug-likeness (QED) is 0.319. The third-order valence-electron chi connectivity index (χ3n) is 7.24. The molecule has 1 aromatic carbocycles. The molecule has 1 aliphatic rings. The lowest BCUT2D eigenvalue weighted by molar-refractivity contribution is -0.158. The van der Waals surface area contributed by atoms with E-state index in [4.69, 9.17) is 23.4 Å². The summed E-state index contributed by atoms with van der Waals surface area (Å²) in [7, 11) is -0.398. The number of aliphatic hydroxyl groups is 1. The molecule has 1 aromatic rings. The van der Waals surface area contributed by atoms with Crippen LogP contribution in [0.4, 0.5) is 4.39 Å². The highest BCUT2D eigenvalue weighted by atomic mass is 28.4. The van der Waals surface area contributed by atoms with Crippen molar-refractivity contribution in [2.45, 2.75) is 110 Å². The molecule has 1 N–H and O–H groups in total. The minimum atomic E-state index is -2.01. The van der Waals surface area contributed by atoms with Gasteiger partial charge in [-0.15, -0.1) is 0 Å². The Morgan fingerprint density at radius 3 is 2.31 bits per heavy atom. The molecule has 0 radical (unpaired) electrons. The molecule has 0 amide bonds. The highest BCUT2D eigenvalue weighted by molar-refractivity contribution is 6.74. The average molecular weight is 527 g/mol. The number of methoxy groups -OCH3 is 1. The van der Waals surface area contributed by atoms with Gasteiger partial charge in [0.25, 0.3) is 0 Å². The van der Waals surface area contributed by atoms with Crippen LogP contribution in [0, 0.1) is 5.92 Å². The topological polar surface area (TPSA) is 66.4 Å². The van der Waals surface area contributed by atoms with Gasteiger partial charge in [-0.2, -0.15) is 0 Å². The van der Waals surface area contributed by atoms with Gasteiger partial charge in [-0.3, -0.25) is 0 Å². The molecule has 1 heterocycles. The molecule has 6 nitrogen and oxygen atoms in total. The monoisotopic (exact) mass is 526 g/mol. The Morgan fingerprint density at radius 2 is 1.78 bits per heavy atom. The lowest BCUT2D eigenvalue weighted by Crippen LogP contribution is -2.44. The number of halogens is 1. The summed E-state index contributed by atoms with van der Waals surface area (Å²) in [5, 5.41) is 9.64. The number of aliphatic hydroxyl groups excluding tert-OH is 1. The van der Waals surface area contributed by atoms with Gasteiger partial charge < -0.3 is 28.5 Å². The number of rotatable bonds is 12. The fraction of sp³-hybridized carbons (Fsp3) is 0.714. The Hall–Kier alpha value is -1.29. The standard InChI is InChI=1S/C28H47FO6Si/c1-19(20(2)35-36(9,10)27(3,4)5)17-23(29)25(26-24(15-16-30)33-28(6,7)34-26)32-18-21-11-13-22(31-8)14-12-21/h11-14,17,19-20,24-26,30H,15-16,18H2,1-10H3/t19-,20+,24+,25-,26+/m1/s1. The van der Waals surface area contributed by atoms with E-state index in [1.807, 2.05) is 38.1 Å². The fourth-order valence-corrected chi connectivity index (χ4v) is 5.44. The van der Waals surface area contributed by atoms with Crippen LogP contribution in [0.25, 0.3) is 0 Å². The van der Waals surface area contributed by atoms with Crippen molar-refractivity contribution in [3.8, 4) is 5.75 Å². The lowest BCUT2D eigenvalue weighted by Gasteiger charge is -2.39. The summed E-state index contributed by atoms with van der Waals surface area (Å²) in [6.45, 7) is 18.6. The van der Waals surface area contributed by atoms with E-state index in [0.29, 0.717) is 6.42 Å². The first kappa shape index (κ1) is 30.9. The van der Waals surface area contributed by atoms with Gasteiger partial charge in [0.05, 0.1) is 19.8 Å². The molecule has 0 bridgehead atoms. The van der Waals surface area contributed by atoms with Gasteiger partial charge in [-0.25, -0.2) is 4.39 Å². The van der Waals surface area contributed by atoms with Gasteiger partial charge in [-0.1, -0.05) is 39.8 Å². The van der Waals surface area contributed by atoms with E-state index < -0.39 is 38.2 Å². The van der Waals surface area contributed by atoms with Crippen LogP contribution in [0.1, 0.15) is 60.5 Å². The van der Waals surface area contributed by atoms with Gasteiger partial charge in [0, 0.05) is 18.6 Å². The van der Waals surface area contributed by atoms with E-state index in [1.54, 1.807) is 27.0 Å². The van der Waals surface area contributed by atoms with Gasteiger partial charge in [0.1, 0.15) is 23.8 Å². The maximum absolute atomic E-state index is 16.0. The van der Waals surface area contributed by atoms with E-state index in [2.05, 4.69) is 33.9 Å². The second kappa shape index (κ2) is 12.5. The van der Waals surface area contributed by atoms with E-state index in [0.717, 1.165) is 11.3 Å². The predicted molar refractivity (Wildman–Crippen MR) is 143 cm³/mol. The summed E-state index contributed by atoms with van der Waals surface area (Å²) >= 11 is 0. The number of benzene rings is 1. The highest BCUT2D eigenvalue weighted by Crippen LogP contribution is 2.39. The summed E-state index contributed by atoms with van der Waals surface area (Å²) in [5.41, 5.74) is 0.883. The van der Waals surface area contributed by atoms with Crippen LogP contribution in [-0.4, -0.2) is 57.3 Å². The largest absolute Gasteiger partial charge is 0.497 e. The third kappa shape index (κ3) is 8.36. The van der Waals surface area contributed by atoms with Gasteiger partial charge in [0.15, 0.2) is 14.1 Å². The number of hydrogen-bond acceptors (Lipinski definition) is 6. The molecular weight excluding hydrogens is 479 g/mol. The molecule has 36 heavy (non-hydrogen) atoms. The molecule has 0 saturated carbocycles. The van der Waals surface area contributed by atoms with Crippen molar-refractivity contribution < 1.29 is 32.9 Å². The Morgan fingerprint density at radius 1 is 1.17 bits per heavy atom. The Labute approximate surface area is 218 Å². The minimum absolute atomic E-state index is 0.0609. The molecule has 8 heteroatoms. The second-order valence-corrected chi connectivity index (χ2v) is 16.5. The average Bonchev–Trinajstić information content (AvgIpc) is 3.07. The van der Waals surface area contributed by atoms with Crippen LogP contribution in [-0.2, 0) is 25.2 Å². The molecule has 1 fully saturated rings. The van der Waals surface area contributed by atoms with Crippen LogP contribution >= 0.6 is 0 Å². The Bertz CT molecular complexity index is 849. The molecule has 1 aliphatic heterocycles. The third-order valence-corrected chi connectivity index (χ3v) is 11.8. The molecule has 0 aliphatic carbocycles. The lowest BCUT2D eigenvalue weighted by atomic mass is 10.00. The van der Waals surface area contributed by atoms with Gasteiger partial charge >= 0.3 is 0 Å². The number of hydrogen-bond donors (Lipinski definition) is 1. The van der Waals surface area contributed by atoms with Crippen LogP contribution in [0.3, 0.4) is 0 Å². The number of ether oxygens (including phenoxy) is 4. The highest BCUT2D eigenvalue weighted by Gasteiger charge is 2.47. The van der Waals surface area contributed by atoms with E-state index in [1.165, 1.54) is 0 Å². The summed E-state index contributed by atoms with van der Waals surface area (Å²) in [5.74, 6) is -0.770. The molecule has 0 aromatic heterocycles. The normalized spacial score (nSPS) is 23.4. The van der Waals surface area contributed by atoms with Gasteiger partial charge in [-0.05, 0) is 69.1 Å². The first-order valence-corrected chi connectivity index (χ1v) is 15.8. The van der Waals surface area contributed by atoms with Crippen molar-refractivity contribution in [1.29, 1.82) is 0 Å². The van der Waals surface area contributed by atoms with Crippen molar-refractivity contribution in [2.75, 3.05) is 13.7 Å². The Balaban J connectivity index is 2.28. The summed E-state index contributed by atoms with van der Waals surface area (Å²) < 4.78 is 45.9. The maximum Gasteiger partial charge on any atom is 0.192 e. The van der Waals surface area contributed by atoms with Crippen LogP contribution in [0.5, 0.6) is 5.75 Å². The first-order valence-electron chi connectivity index (χ1n) is 12.9. The molecule has 0 unspecified atom stereocenters. The zero-order valence-electron chi connectivity index (χ0n) is 23.8. The molecular formula is C28H47FO6Si. The van der Waals surface area contributed by atoms with Crippen molar-refractivity contribution in [3.05, 3.63) is 41.7 Å². The summed E-state index contributed by atoms with van der Waals surface area (Å²) in [6.07, 6.45) is -0.449. The second-order valence-electron chi connectivity index (χ2n) is 11.7. The van der Waals surface area contributed by atoms with E-state index >= 15 is 4.39 Å². The fourth-order valence-electron chi connectivity index (χ4n) is 3.94. The van der Waals surface area contributed by atoms with E-state index in [9.17, 15) is 5.11 Å². The van der Waals surface area contributed by atoms with Crippen LogP contribution in [0.15, 0.2) is 36.2 Å². The zero-order valence-corrected chi connectivity index (χ0v) is 24.8. The molecule has 1 saturated heterocycles. The SMILES string of the molecule is COc1ccc(CO[C@H](C(F)=C[C@@H](C)[C@H](C)O[Si](C)(C)C(C)(C)C)[C@H]2OC(C)(C)O[C@H]2CCO)cc1. The van der Waals surface area contributed by atoms with Crippen LogP contribution < -0.4 is 4.74 Å². The summed E-state index contributed by atoms with van der Waals surface area (Å²) in [6, 6.07) is 7.45. The molecule has 0 spiro atoms.